The average molecular weight is 263 g/mol. The number of nitrogens with zero attached hydrogens (tertiary/aromatic N) is 1. The summed E-state index contributed by atoms with van der Waals surface area (Å²) in [5, 5.41) is 3.44. The van der Waals surface area contributed by atoms with Gasteiger partial charge in [0.25, 0.3) is 0 Å². The third kappa shape index (κ3) is 3.43. The van der Waals surface area contributed by atoms with E-state index in [4.69, 9.17) is 18.0 Å². The van der Waals surface area contributed by atoms with Crippen molar-refractivity contribution in [1.29, 1.82) is 0 Å². The van der Waals surface area contributed by atoms with Gasteiger partial charge in [-0.2, -0.15) is 0 Å². The van der Waals surface area contributed by atoms with Gasteiger partial charge in [0.15, 0.2) is 0 Å². The van der Waals surface area contributed by atoms with Gasteiger partial charge in [0.05, 0.1) is 0 Å². The number of nitrogens with two attached hydrogens (primary N) is 1. The number of hydrogen-bond acceptors (Lipinski definition) is 3. The maximum Gasteiger partial charge on any atom is 0.106 e. The highest BCUT2D eigenvalue weighted by Crippen LogP contribution is 2.17. The highest BCUT2D eigenvalue weighted by atomic mass is 32.1. The number of rotatable bonds is 5. The Hall–Kier alpha value is -1.13. The minimum absolute atomic E-state index is 0.461. The summed E-state index contributed by atoms with van der Waals surface area (Å²) in [5.41, 5.74) is 8.94. The first-order valence-corrected chi connectivity index (χ1v) is 6.94. The lowest BCUT2D eigenvalue weighted by Crippen LogP contribution is -2.26. The molecule has 0 spiro atoms. The van der Waals surface area contributed by atoms with Crippen LogP contribution in [-0.2, 0) is 0 Å². The largest absolute Gasteiger partial charge is 0.389 e. The van der Waals surface area contributed by atoms with Crippen LogP contribution in [0.25, 0.3) is 0 Å². The van der Waals surface area contributed by atoms with E-state index >= 15 is 0 Å². The molecule has 0 amide bonds. The minimum Gasteiger partial charge on any atom is -0.389 e. The zero-order chi connectivity index (χ0) is 13.0. The van der Waals surface area contributed by atoms with Gasteiger partial charge in [0.1, 0.15) is 4.99 Å². The Morgan fingerprint density at radius 3 is 2.78 bits per heavy atom. The molecule has 1 aliphatic rings. The number of benzene rings is 1. The first-order chi connectivity index (χ1) is 8.66. The summed E-state index contributed by atoms with van der Waals surface area (Å²) in [6, 6.07) is 6.19. The molecule has 98 valence electrons. The van der Waals surface area contributed by atoms with Crippen LogP contribution in [0.3, 0.4) is 0 Å². The van der Waals surface area contributed by atoms with Crippen molar-refractivity contribution in [3.8, 4) is 0 Å². The maximum absolute atomic E-state index is 5.76. The molecular formula is C14H21N3S. The number of nitrogens with one attached hydrogen (secondary N) is 1. The number of hydrogen-bond donors (Lipinski definition) is 2. The number of likely N-dealkylation sites (tertiary alicyclic amines) is 1. The predicted molar refractivity (Wildman–Crippen MR) is 81.2 cm³/mol. The van der Waals surface area contributed by atoms with Crippen LogP contribution in [0.4, 0.5) is 5.69 Å². The molecule has 0 aliphatic carbocycles. The summed E-state index contributed by atoms with van der Waals surface area (Å²) in [5.74, 6) is 0. The highest BCUT2D eigenvalue weighted by molar-refractivity contribution is 7.80. The van der Waals surface area contributed by atoms with E-state index in [-0.39, 0.29) is 0 Å². The van der Waals surface area contributed by atoms with Gasteiger partial charge in [0, 0.05) is 24.3 Å². The molecule has 3 N–H and O–H groups in total. The molecule has 4 heteroatoms. The van der Waals surface area contributed by atoms with Gasteiger partial charge < -0.3 is 16.0 Å². The molecule has 0 unspecified atom stereocenters. The third-order valence-electron chi connectivity index (χ3n) is 3.38. The van der Waals surface area contributed by atoms with Crippen molar-refractivity contribution >= 4 is 22.9 Å². The number of thiocarbonyl (C=S) groups is 1. The summed E-state index contributed by atoms with van der Waals surface area (Å²) < 4.78 is 0. The van der Waals surface area contributed by atoms with E-state index in [2.05, 4.69) is 29.3 Å². The molecular weight excluding hydrogens is 242 g/mol. The fourth-order valence-electron chi connectivity index (χ4n) is 2.37. The van der Waals surface area contributed by atoms with Crippen molar-refractivity contribution in [1.82, 2.24) is 4.90 Å². The molecule has 0 aromatic heterocycles. The van der Waals surface area contributed by atoms with E-state index < -0.39 is 0 Å². The second-order valence-electron chi connectivity index (χ2n) is 4.89. The molecule has 1 aliphatic heterocycles. The first-order valence-electron chi connectivity index (χ1n) is 6.53. The zero-order valence-corrected chi connectivity index (χ0v) is 11.7. The summed E-state index contributed by atoms with van der Waals surface area (Å²) >= 11 is 5.09. The van der Waals surface area contributed by atoms with Crippen molar-refractivity contribution in [3.05, 3.63) is 29.3 Å². The summed E-state index contributed by atoms with van der Waals surface area (Å²) in [4.78, 5) is 2.95. The van der Waals surface area contributed by atoms with Crippen LogP contribution in [0.5, 0.6) is 0 Å². The van der Waals surface area contributed by atoms with Crippen LogP contribution in [0, 0.1) is 6.92 Å². The van der Waals surface area contributed by atoms with E-state index in [1.54, 1.807) is 0 Å². The molecule has 0 saturated carbocycles. The van der Waals surface area contributed by atoms with Gasteiger partial charge in [-0.15, -0.1) is 0 Å². The van der Waals surface area contributed by atoms with Crippen LogP contribution in [0.2, 0.25) is 0 Å². The summed E-state index contributed by atoms with van der Waals surface area (Å²) in [6.07, 6.45) is 2.67. The van der Waals surface area contributed by atoms with Gasteiger partial charge in [-0.1, -0.05) is 23.8 Å². The highest BCUT2D eigenvalue weighted by Gasteiger charge is 2.11. The fraction of sp³-hybridized carbons (Fsp3) is 0.500. The van der Waals surface area contributed by atoms with Crippen molar-refractivity contribution in [3.63, 3.8) is 0 Å². The molecule has 0 atom stereocenters. The van der Waals surface area contributed by atoms with Crippen LogP contribution >= 0.6 is 12.2 Å². The second-order valence-corrected chi connectivity index (χ2v) is 5.33. The monoisotopic (exact) mass is 263 g/mol. The molecule has 1 fully saturated rings. The maximum atomic E-state index is 5.76. The SMILES string of the molecule is Cc1ccc(NCCN2CCCC2)c(C(N)=S)c1. The molecule has 0 bridgehead atoms. The molecule has 1 saturated heterocycles. The Balaban J connectivity index is 1.93. The molecule has 3 nitrogen and oxygen atoms in total. The predicted octanol–water partition coefficient (Wildman–Crippen LogP) is 2.14. The van der Waals surface area contributed by atoms with Crippen LogP contribution in [-0.4, -0.2) is 36.1 Å². The van der Waals surface area contributed by atoms with Gasteiger partial charge in [-0.25, -0.2) is 0 Å². The zero-order valence-electron chi connectivity index (χ0n) is 10.9. The number of anilines is 1. The van der Waals surface area contributed by atoms with E-state index in [0.29, 0.717) is 4.99 Å². The van der Waals surface area contributed by atoms with E-state index in [0.717, 1.165) is 24.3 Å². The van der Waals surface area contributed by atoms with Crippen LogP contribution < -0.4 is 11.1 Å². The van der Waals surface area contributed by atoms with Gasteiger partial charge in [0.2, 0.25) is 0 Å². The van der Waals surface area contributed by atoms with Crippen molar-refractivity contribution in [2.75, 3.05) is 31.5 Å². The van der Waals surface area contributed by atoms with E-state index in [9.17, 15) is 0 Å². The summed E-state index contributed by atoms with van der Waals surface area (Å²) in [7, 11) is 0. The van der Waals surface area contributed by atoms with Gasteiger partial charge >= 0.3 is 0 Å². The molecule has 1 heterocycles. The Bertz CT molecular complexity index is 425. The first kappa shape index (κ1) is 13.3. The normalized spacial score (nSPS) is 15.8. The van der Waals surface area contributed by atoms with Crippen LogP contribution in [0.15, 0.2) is 18.2 Å². The Kier molecular flexibility index (Phi) is 4.55. The molecule has 18 heavy (non-hydrogen) atoms. The van der Waals surface area contributed by atoms with Crippen LogP contribution in [0.1, 0.15) is 24.0 Å². The van der Waals surface area contributed by atoms with Gasteiger partial charge in [-0.05, 0) is 45.0 Å². The Morgan fingerprint density at radius 1 is 1.39 bits per heavy atom. The lowest BCUT2D eigenvalue weighted by Gasteiger charge is -2.17. The van der Waals surface area contributed by atoms with E-state index in [1.807, 2.05) is 6.07 Å². The Labute approximate surface area is 114 Å². The molecule has 2 rings (SSSR count). The molecule has 0 radical (unpaired) electrons. The van der Waals surface area contributed by atoms with Crippen molar-refractivity contribution in [2.45, 2.75) is 19.8 Å². The fourth-order valence-corrected chi connectivity index (χ4v) is 2.54. The van der Waals surface area contributed by atoms with Crippen molar-refractivity contribution in [2.24, 2.45) is 5.73 Å². The lowest BCUT2D eigenvalue weighted by molar-refractivity contribution is 0.352. The average Bonchev–Trinajstić information content (AvgIpc) is 2.84. The Morgan fingerprint density at radius 2 is 2.11 bits per heavy atom. The standard InChI is InChI=1S/C14H21N3S/c1-11-4-5-13(12(10-11)14(15)18)16-6-9-17-7-2-3-8-17/h4-5,10,16H,2-3,6-9H2,1H3,(H2,15,18). The number of aryl methyl sites for hydroxylation is 1. The second kappa shape index (κ2) is 6.16. The van der Waals surface area contributed by atoms with E-state index in [1.165, 1.54) is 31.5 Å². The van der Waals surface area contributed by atoms with Crippen molar-refractivity contribution < 1.29 is 0 Å². The smallest absolute Gasteiger partial charge is 0.106 e. The molecule has 1 aromatic rings. The topological polar surface area (TPSA) is 41.3 Å². The quantitative estimate of drug-likeness (QED) is 0.799. The minimum atomic E-state index is 0.461. The lowest BCUT2D eigenvalue weighted by atomic mass is 10.1. The third-order valence-corrected chi connectivity index (χ3v) is 3.60. The molecule has 1 aromatic carbocycles. The van der Waals surface area contributed by atoms with Gasteiger partial charge in [-0.3, -0.25) is 0 Å². The summed E-state index contributed by atoms with van der Waals surface area (Å²) in [6.45, 7) is 6.55.